The Morgan fingerprint density at radius 1 is 1.33 bits per heavy atom. The van der Waals surface area contributed by atoms with Gasteiger partial charge in [-0.05, 0) is 31.2 Å². The van der Waals surface area contributed by atoms with Crippen molar-refractivity contribution in [2.45, 2.75) is 13.5 Å². The first-order valence-electron chi connectivity index (χ1n) is 6.40. The molecule has 21 heavy (non-hydrogen) atoms. The van der Waals surface area contributed by atoms with Crippen molar-refractivity contribution < 1.29 is 13.9 Å². The van der Waals surface area contributed by atoms with Crippen LogP contribution in [0.25, 0.3) is 0 Å². The van der Waals surface area contributed by atoms with E-state index in [-0.39, 0.29) is 17.5 Å². The lowest BCUT2D eigenvalue weighted by Gasteiger charge is -2.10. The molecule has 0 bridgehead atoms. The number of furan rings is 1. The van der Waals surface area contributed by atoms with Crippen molar-refractivity contribution in [3.8, 4) is 5.75 Å². The van der Waals surface area contributed by atoms with Crippen LogP contribution in [0.2, 0.25) is 0 Å². The summed E-state index contributed by atoms with van der Waals surface area (Å²) in [5.74, 6) is 1.75. The Morgan fingerprint density at radius 2 is 2.10 bits per heavy atom. The summed E-state index contributed by atoms with van der Waals surface area (Å²) >= 11 is 4.93. The fourth-order valence-corrected chi connectivity index (χ4v) is 1.92. The van der Waals surface area contributed by atoms with E-state index in [2.05, 4.69) is 5.32 Å². The van der Waals surface area contributed by atoms with Crippen molar-refractivity contribution >= 4 is 23.1 Å². The average Bonchev–Trinajstić information content (AvgIpc) is 2.88. The minimum absolute atomic E-state index is 0.112. The van der Waals surface area contributed by atoms with E-state index in [1.807, 2.05) is 19.1 Å². The molecule has 0 spiro atoms. The van der Waals surface area contributed by atoms with Gasteiger partial charge in [-0.2, -0.15) is 0 Å². The summed E-state index contributed by atoms with van der Waals surface area (Å²) in [6, 6.07) is 10.7. The van der Waals surface area contributed by atoms with E-state index in [0.29, 0.717) is 23.6 Å². The first-order valence-corrected chi connectivity index (χ1v) is 6.80. The number of rotatable bonds is 6. The lowest BCUT2D eigenvalue weighted by molar-refractivity contribution is -0.123. The van der Waals surface area contributed by atoms with E-state index >= 15 is 0 Å². The third-order valence-electron chi connectivity index (χ3n) is 2.77. The predicted molar refractivity (Wildman–Crippen MR) is 83.1 cm³/mol. The largest absolute Gasteiger partial charge is 0.483 e. The summed E-state index contributed by atoms with van der Waals surface area (Å²) in [4.78, 5) is 12.0. The van der Waals surface area contributed by atoms with Gasteiger partial charge < -0.3 is 20.2 Å². The molecular formula is C15H16N2O3S. The van der Waals surface area contributed by atoms with Gasteiger partial charge in [-0.1, -0.05) is 24.4 Å². The molecule has 1 amide bonds. The molecule has 1 aromatic carbocycles. The molecule has 0 saturated heterocycles. The van der Waals surface area contributed by atoms with Crippen LogP contribution in [0.3, 0.4) is 0 Å². The number of hydrogen-bond acceptors (Lipinski definition) is 4. The Morgan fingerprint density at radius 3 is 2.76 bits per heavy atom. The van der Waals surface area contributed by atoms with Crippen molar-refractivity contribution in [3.63, 3.8) is 0 Å². The van der Waals surface area contributed by atoms with Gasteiger partial charge in [0, 0.05) is 0 Å². The standard InChI is InChI=1S/C15H16N2O3S/c1-10-6-7-11(20-10)8-17-14(18)9-19-13-5-3-2-4-12(13)15(16)21/h2-7H,8-9H2,1H3,(H2,16,21)(H,17,18). The van der Waals surface area contributed by atoms with E-state index in [1.54, 1.807) is 24.3 Å². The van der Waals surface area contributed by atoms with Crippen LogP contribution in [0.4, 0.5) is 0 Å². The number of carbonyl (C=O) groups is 1. The van der Waals surface area contributed by atoms with Crippen LogP contribution in [0.15, 0.2) is 40.8 Å². The van der Waals surface area contributed by atoms with Gasteiger partial charge in [0.15, 0.2) is 6.61 Å². The highest BCUT2D eigenvalue weighted by Gasteiger charge is 2.08. The normalized spacial score (nSPS) is 10.1. The van der Waals surface area contributed by atoms with E-state index in [1.165, 1.54) is 0 Å². The second-order valence-corrected chi connectivity index (χ2v) is 4.88. The van der Waals surface area contributed by atoms with E-state index in [9.17, 15) is 4.79 Å². The second kappa shape index (κ2) is 6.90. The van der Waals surface area contributed by atoms with Gasteiger partial charge in [0.25, 0.3) is 5.91 Å². The van der Waals surface area contributed by atoms with Crippen LogP contribution in [0.5, 0.6) is 5.75 Å². The van der Waals surface area contributed by atoms with E-state index < -0.39 is 0 Å². The molecule has 2 rings (SSSR count). The number of nitrogens with two attached hydrogens (primary N) is 1. The number of hydrogen-bond donors (Lipinski definition) is 2. The molecule has 0 aliphatic carbocycles. The lowest BCUT2D eigenvalue weighted by Crippen LogP contribution is -2.28. The summed E-state index contributed by atoms with van der Waals surface area (Å²) < 4.78 is 10.8. The Balaban J connectivity index is 1.85. The molecule has 0 fully saturated rings. The molecule has 3 N–H and O–H groups in total. The molecule has 0 unspecified atom stereocenters. The number of carbonyl (C=O) groups excluding carboxylic acids is 1. The van der Waals surface area contributed by atoms with Gasteiger partial charge in [0.2, 0.25) is 0 Å². The Hall–Kier alpha value is -2.34. The molecule has 6 heteroatoms. The number of benzene rings is 1. The van der Waals surface area contributed by atoms with Crippen molar-refractivity contribution in [1.82, 2.24) is 5.32 Å². The van der Waals surface area contributed by atoms with Crippen LogP contribution in [0.1, 0.15) is 17.1 Å². The maximum atomic E-state index is 11.7. The number of amides is 1. The zero-order valence-electron chi connectivity index (χ0n) is 11.6. The van der Waals surface area contributed by atoms with Crippen molar-refractivity contribution in [2.75, 3.05) is 6.61 Å². The minimum atomic E-state index is -0.248. The lowest BCUT2D eigenvalue weighted by atomic mass is 10.2. The number of aryl methyl sites for hydroxylation is 1. The zero-order valence-corrected chi connectivity index (χ0v) is 12.4. The summed E-state index contributed by atoms with van der Waals surface area (Å²) in [6.45, 7) is 2.06. The molecule has 0 saturated carbocycles. The quantitative estimate of drug-likeness (QED) is 0.797. The van der Waals surface area contributed by atoms with Crippen LogP contribution >= 0.6 is 12.2 Å². The Labute approximate surface area is 128 Å². The average molecular weight is 304 g/mol. The second-order valence-electron chi connectivity index (χ2n) is 4.44. The van der Waals surface area contributed by atoms with Gasteiger partial charge in [0.1, 0.15) is 22.3 Å². The van der Waals surface area contributed by atoms with Crippen LogP contribution < -0.4 is 15.8 Å². The topological polar surface area (TPSA) is 77.5 Å². The first kappa shape index (κ1) is 15.1. The highest BCUT2D eigenvalue weighted by atomic mass is 32.1. The van der Waals surface area contributed by atoms with Crippen molar-refractivity contribution in [2.24, 2.45) is 5.73 Å². The van der Waals surface area contributed by atoms with Crippen LogP contribution in [0, 0.1) is 6.92 Å². The highest BCUT2D eigenvalue weighted by molar-refractivity contribution is 7.80. The third kappa shape index (κ3) is 4.32. The van der Waals surface area contributed by atoms with Gasteiger partial charge in [-0.25, -0.2) is 0 Å². The van der Waals surface area contributed by atoms with E-state index in [0.717, 1.165) is 5.76 Å². The fourth-order valence-electron chi connectivity index (χ4n) is 1.76. The van der Waals surface area contributed by atoms with E-state index in [4.69, 9.17) is 27.1 Å². The molecule has 0 aliphatic heterocycles. The molecular weight excluding hydrogens is 288 g/mol. The molecule has 0 radical (unpaired) electrons. The molecule has 1 aromatic heterocycles. The molecule has 110 valence electrons. The number of para-hydroxylation sites is 1. The molecule has 0 aliphatic rings. The maximum absolute atomic E-state index is 11.7. The van der Waals surface area contributed by atoms with Crippen LogP contribution in [-0.4, -0.2) is 17.5 Å². The molecule has 1 heterocycles. The fraction of sp³-hybridized carbons (Fsp3) is 0.200. The highest BCUT2D eigenvalue weighted by Crippen LogP contribution is 2.17. The summed E-state index contributed by atoms with van der Waals surface area (Å²) in [6.07, 6.45) is 0. The number of nitrogens with one attached hydrogen (secondary N) is 1. The number of thiocarbonyl (C=S) groups is 1. The summed E-state index contributed by atoms with van der Waals surface area (Å²) in [5, 5.41) is 2.71. The minimum Gasteiger partial charge on any atom is -0.483 e. The molecule has 5 nitrogen and oxygen atoms in total. The van der Waals surface area contributed by atoms with Gasteiger partial charge in [0.05, 0.1) is 12.1 Å². The number of ether oxygens (including phenoxy) is 1. The molecule has 2 aromatic rings. The monoisotopic (exact) mass is 304 g/mol. The van der Waals surface area contributed by atoms with Crippen molar-refractivity contribution in [3.05, 3.63) is 53.5 Å². The van der Waals surface area contributed by atoms with Crippen molar-refractivity contribution in [1.29, 1.82) is 0 Å². The summed E-state index contributed by atoms with van der Waals surface area (Å²) in [7, 11) is 0. The SMILES string of the molecule is Cc1ccc(CNC(=O)COc2ccccc2C(N)=S)o1. The van der Waals surface area contributed by atoms with Gasteiger partial charge in [-0.15, -0.1) is 0 Å². The Kier molecular flexibility index (Phi) is 4.94. The van der Waals surface area contributed by atoms with Crippen LogP contribution in [-0.2, 0) is 11.3 Å². The first-order chi connectivity index (χ1) is 10.1. The molecule has 0 atom stereocenters. The predicted octanol–water partition coefficient (Wildman–Crippen LogP) is 1.92. The van der Waals surface area contributed by atoms with Gasteiger partial charge >= 0.3 is 0 Å². The maximum Gasteiger partial charge on any atom is 0.258 e. The Bertz CT molecular complexity index is 652. The van der Waals surface area contributed by atoms with Gasteiger partial charge in [-0.3, -0.25) is 4.79 Å². The summed E-state index contributed by atoms with van der Waals surface area (Å²) in [5.41, 5.74) is 6.21. The third-order valence-corrected chi connectivity index (χ3v) is 2.99. The zero-order chi connectivity index (χ0) is 15.2. The smallest absolute Gasteiger partial charge is 0.258 e.